The van der Waals surface area contributed by atoms with Gasteiger partial charge >= 0.3 is 12.1 Å². The highest BCUT2D eigenvalue weighted by Gasteiger charge is 2.28. The van der Waals surface area contributed by atoms with Gasteiger partial charge in [0.15, 0.2) is 0 Å². The van der Waals surface area contributed by atoms with Gasteiger partial charge in [0, 0.05) is 0 Å². The van der Waals surface area contributed by atoms with Gasteiger partial charge in [0.25, 0.3) is 0 Å². The number of amides is 2. The largest absolute Gasteiger partial charge is 0.467 e. The van der Waals surface area contributed by atoms with Crippen LogP contribution in [-0.2, 0) is 19.1 Å². The van der Waals surface area contributed by atoms with Crippen molar-refractivity contribution in [3.8, 4) is 0 Å². The van der Waals surface area contributed by atoms with Gasteiger partial charge in [-0.2, -0.15) is 0 Å². The first-order chi connectivity index (χ1) is 11.6. The summed E-state index contributed by atoms with van der Waals surface area (Å²) in [5, 5.41) is 5.28. The molecule has 0 heterocycles. The maximum Gasteiger partial charge on any atom is 0.407 e. The number of hydrogen-bond donors (Lipinski definition) is 2. The lowest BCUT2D eigenvalue weighted by Gasteiger charge is -2.24. The molecule has 0 aromatic carbocycles. The van der Waals surface area contributed by atoms with E-state index in [2.05, 4.69) is 10.6 Å². The van der Waals surface area contributed by atoms with E-state index >= 15 is 0 Å². The molecule has 0 unspecified atom stereocenters. The highest BCUT2D eigenvalue weighted by atomic mass is 16.5. The van der Waals surface area contributed by atoms with E-state index in [1.54, 1.807) is 0 Å². The van der Waals surface area contributed by atoms with Crippen molar-refractivity contribution < 1.29 is 23.9 Å². The second kappa shape index (κ2) is 11.7. The summed E-state index contributed by atoms with van der Waals surface area (Å²) < 4.78 is 9.84. The third-order valence-corrected chi connectivity index (χ3v) is 3.37. The number of esters is 1. The Morgan fingerprint density at radius 2 is 1.32 bits per heavy atom. The smallest absolute Gasteiger partial charge is 0.407 e. The standard InChI is InChI=1S/C18H34N2O5/c1-11(2)8-14(20-18(23)25-10-13(5)6)16(21)19-15(9-12(3)4)17(22)24-7/h11-15H,8-10H2,1-7H3,(H,19,21)(H,20,23)/t14-,15-/m0/s1. The zero-order chi connectivity index (χ0) is 19.6. The van der Waals surface area contributed by atoms with Crippen molar-refractivity contribution in [1.82, 2.24) is 10.6 Å². The third-order valence-electron chi connectivity index (χ3n) is 3.37. The number of hydrogen-bond acceptors (Lipinski definition) is 5. The van der Waals surface area contributed by atoms with Crippen LogP contribution in [0.5, 0.6) is 0 Å². The average molecular weight is 358 g/mol. The van der Waals surface area contributed by atoms with Crippen LogP contribution in [0.3, 0.4) is 0 Å². The fraction of sp³-hybridized carbons (Fsp3) is 0.833. The highest BCUT2D eigenvalue weighted by Crippen LogP contribution is 2.10. The van der Waals surface area contributed by atoms with Gasteiger partial charge < -0.3 is 20.1 Å². The Labute approximate surface area is 151 Å². The third kappa shape index (κ3) is 10.6. The molecule has 25 heavy (non-hydrogen) atoms. The lowest BCUT2D eigenvalue weighted by atomic mass is 10.0. The highest BCUT2D eigenvalue weighted by molar-refractivity contribution is 5.89. The van der Waals surface area contributed by atoms with Crippen molar-refractivity contribution in [2.45, 2.75) is 66.5 Å². The van der Waals surface area contributed by atoms with Crippen molar-refractivity contribution in [2.24, 2.45) is 17.8 Å². The topological polar surface area (TPSA) is 93.7 Å². The number of ether oxygens (including phenoxy) is 2. The van der Waals surface area contributed by atoms with Crippen LogP contribution in [0.1, 0.15) is 54.4 Å². The first-order valence-corrected chi connectivity index (χ1v) is 8.88. The fourth-order valence-electron chi connectivity index (χ4n) is 2.23. The van der Waals surface area contributed by atoms with Crippen molar-refractivity contribution in [2.75, 3.05) is 13.7 Å². The lowest BCUT2D eigenvalue weighted by molar-refractivity contribution is -0.145. The Balaban J connectivity index is 4.95. The Morgan fingerprint density at radius 1 is 0.800 bits per heavy atom. The fourth-order valence-corrected chi connectivity index (χ4v) is 2.23. The Kier molecular flexibility index (Phi) is 10.9. The average Bonchev–Trinajstić information content (AvgIpc) is 2.49. The molecule has 0 saturated heterocycles. The molecule has 0 fully saturated rings. The minimum absolute atomic E-state index is 0.183. The predicted octanol–water partition coefficient (Wildman–Crippen LogP) is 2.49. The molecule has 0 radical (unpaired) electrons. The monoisotopic (exact) mass is 358 g/mol. The molecule has 0 aliphatic rings. The molecule has 0 aromatic rings. The zero-order valence-corrected chi connectivity index (χ0v) is 16.5. The second-order valence-corrected chi connectivity index (χ2v) is 7.53. The molecule has 2 N–H and O–H groups in total. The minimum atomic E-state index is -0.765. The van der Waals surface area contributed by atoms with Crippen LogP contribution in [-0.4, -0.2) is 43.8 Å². The van der Waals surface area contributed by atoms with Gasteiger partial charge in [-0.25, -0.2) is 9.59 Å². The molecule has 0 aliphatic heterocycles. The van der Waals surface area contributed by atoms with Gasteiger partial charge in [-0.15, -0.1) is 0 Å². The quantitative estimate of drug-likeness (QED) is 0.585. The predicted molar refractivity (Wildman–Crippen MR) is 96.0 cm³/mol. The Hall–Kier alpha value is -1.79. The summed E-state index contributed by atoms with van der Waals surface area (Å²) in [6.07, 6.45) is 0.274. The van der Waals surface area contributed by atoms with Crippen molar-refractivity contribution in [3.05, 3.63) is 0 Å². The van der Waals surface area contributed by atoms with Gasteiger partial charge in [0.2, 0.25) is 5.91 Å². The Bertz CT molecular complexity index is 435. The Morgan fingerprint density at radius 3 is 1.76 bits per heavy atom. The number of methoxy groups -OCH3 is 1. The molecule has 0 aliphatic carbocycles. The number of rotatable bonds is 10. The molecule has 2 atom stereocenters. The van der Waals surface area contributed by atoms with Crippen LogP contribution >= 0.6 is 0 Å². The summed E-state index contributed by atoms with van der Waals surface area (Å²) in [6.45, 7) is 11.9. The van der Waals surface area contributed by atoms with Crippen LogP contribution in [0.2, 0.25) is 0 Å². The number of nitrogens with one attached hydrogen (secondary N) is 2. The van der Waals surface area contributed by atoms with E-state index in [-0.39, 0.29) is 24.4 Å². The van der Waals surface area contributed by atoms with Crippen LogP contribution in [0, 0.1) is 17.8 Å². The van der Waals surface area contributed by atoms with Crippen molar-refractivity contribution >= 4 is 18.0 Å². The van der Waals surface area contributed by atoms with Crippen LogP contribution in [0.15, 0.2) is 0 Å². The number of carbonyl (C=O) groups excluding carboxylic acids is 3. The van der Waals surface area contributed by atoms with Gasteiger partial charge in [-0.05, 0) is 30.6 Å². The molecule has 0 aromatic heterocycles. The summed E-state index contributed by atoms with van der Waals surface area (Å²) in [5.74, 6) is -0.309. The summed E-state index contributed by atoms with van der Waals surface area (Å²) in [5.41, 5.74) is 0. The minimum Gasteiger partial charge on any atom is -0.467 e. The maximum absolute atomic E-state index is 12.6. The number of alkyl carbamates (subject to hydrolysis) is 1. The molecular formula is C18H34N2O5. The van der Waals surface area contributed by atoms with Crippen LogP contribution in [0.4, 0.5) is 4.79 Å². The second-order valence-electron chi connectivity index (χ2n) is 7.53. The van der Waals surface area contributed by atoms with E-state index in [1.807, 2.05) is 41.5 Å². The van der Waals surface area contributed by atoms with E-state index in [9.17, 15) is 14.4 Å². The van der Waals surface area contributed by atoms with Gasteiger partial charge in [0.1, 0.15) is 12.1 Å². The zero-order valence-electron chi connectivity index (χ0n) is 16.5. The molecular weight excluding hydrogens is 324 g/mol. The summed E-state index contributed by atoms with van der Waals surface area (Å²) in [6, 6.07) is -1.50. The summed E-state index contributed by atoms with van der Waals surface area (Å²) in [4.78, 5) is 36.3. The summed E-state index contributed by atoms with van der Waals surface area (Å²) in [7, 11) is 1.29. The van der Waals surface area contributed by atoms with Gasteiger partial charge in [0.05, 0.1) is 13.7 Å². The van der Waals surface area contributed by atoms with Crippen LogP contribution < -0.4 is 10.6 Å². The van der Waals surface area contributed by atoms with E-state index < -0.39 is 30.1 Å². The van der Waals surface area contributed by atoms with Crippen molar-refractivity contribution in [3.63, 3.8) is 0 Å². The molecule has 146 valence electrons. The van der Waals surface area contributed by atoms with E-state index in [0.29, 0.717) is 12.8 Å². The van der Waals surface area contributed by atoms with E-state index in [1.165, 1.54) is 7.11 Å². The first kappa shape index (κ1) is 23.2. The maximum atomic E-state index is 12.6. The molecule has 7 heteroatoms. The summed E-state index contributed by atoms with van der Waals surface area (Å²) >= 11 is 0. The molecule has 7 nitrogen and oxygen atoms in total. The number of carbonyl (C=O) groups is 3. The lowest BCUT2D eigenvalue weighted by Crippen LogP contribution is -2.52. The van der Waals surface area contributed by atoms with Gasteiger partial charge in [-0.1, -0.05) is 41.5 Å². The SMILES string of the molecule is COC(=O)[C@H](CC(C)C)NC(=O)[C@H](CC(C)C)NC(=O)OCC(C)C. The van der Waals surface area contributed by atoms with E-state index in [4.69, 9.17) is 9.47 Å². The van der Waals surface area contributed by atoms with Gasteiger partial charge in [-0.3, -0.25) is 4.79 Å². The van der Waals surface area contributed by atoms with Crippen LogP contribution in [0.25, 0.3) is 0 Å². The molecule has 0 saturated carbocycles. The normalized spacial score (nSPS) is 13.5. The molecule has 0 bridgehead atoms. The molecule has 2 amide bonds. The molecule has 0 rings (SSSR count). The first-order valence-electron chi connectivity index (χ1n) is 8.88. The van der Waals surface area contributed by atoms with E-state index in [0.717, 1.165) is 0 Å². The molecule has 0 spiro atoms. The van der Waals surface area contributed by atoms with Crippen molar-refractivity contribution in [1.29, 1.82) is 0 Å².